The van der Waals surface area contributed by atoms with Crippen molar-refractivity contribution < 1.29 is 18.7 Å². The van der Waals surface area contributed by atoms with E-state index >= 15 is 0 Å². The molecule has 9 heteroatoms. The van der Waals surface area contributed by atoms with Crippen LogP contribution in [0.15, 0.2) is 58.5 Å². The third-order valence-corrected chi connectivity index (χ3v) is 6.49. The van der Waals surface area contributed by atoms with Gasteiger partial charge < -0.3 is 9.64 Å². The molecule has 33 heavy (non-hydrogen) atoms. The number of para-hydroxylation sites is 1. The van der Waals surface area contributed by atoms with Crippen LogP contribution >= 0.6 is 11.8 Å². The van der Waals surface area contributed by atoms with Gasteiger partial charge in [-0.3, -0.25) is 19.0 Å². The summed E-state index contributed by atoms with van der Waals surface area (Å²) < 4.78 is 20.3. The molecule has 172 valence electrons. The average Bonchev–Trinajstić information content (AvgIpc) is 3.66. The first-order valence-corrected chi connectivity index (χ1v) is 11.7. The van der Waals surface area contributed by atoms with E-state index in [-0.39, 0.29) is 48.6 Å². The average molecular weight is 470 g/mol. The molecule has 0 aliphatic heterocycles. The number of carbonyl (C=O) groups is 2. The number of ether oxygens (including phenoxy) is 1. The summed E-state index contributed by atoms with van der Waals surface area (Å²) in [6, 6.07) is 13.5. The van der Waals surface area contributed by atoms with Gasteiger partial charge in [-0.25, -0.2) is 9.37 Å². The number of amides is 1. The Morgan fingerprint density at radius 2 is 1.91 bits per heavy atom. The minimum atomic E-state index is -0.438. The third kappa shape index (κ3) is 5.42. The Balaban J connectivity index is 1.55. The van der Waals surface area contributed by atoms with Crippen molar-refractivity contribution in [1.82, 2.24) is 14.5 Å². The second-order valence-electron chi connectivity index (χ2n) is 7.83. The van der Waals surface area contributed by atoms with Gasteiger partial charge in [-0.15, -0.1) is 0 Å². The lowest BCUT2D eigenvalue weighted by molar-refractivity contribution is -0.140. The van der Waals surface area contributed by atoms with Crippen molar-refractivity contribution in [2.45, 2.75) is 43.6 Å². The van der Waals surface area contributed by atoms with E-state index in [1.54, 1.807) is 47.4 Å². The van der Waals surface area contributed by atoms with Gasteiger partial charge in [-0.2, -0.15) is 0 Å². The summed E-state index contributed by atoms with van der Waals surface area (Å²) in [6.07, 6.45) is 1.80. The van der Waals surface area contributed by atoms with Crippen molar-refractivity contribution in [2.75, 3.05) is 12.9 Å². The number of esters is 1. The summed E-state index contributed by atoms with van der Waals surface area (Å²) in [5.41, 5.74) is 0.726. The maximum atomic E-state index is 14.1. The molecule has 1 fully saturated rings. The number of nitrogens with zero attached hydrogens (tertiary/aromatic N) is 3. The van der Waals surface area contributed by atoms with E-state index in [0.717, 1.165) is 24.6 Å². The molecule has 0 radical (unpaired) electrons. The van der Waals surface area contributed by atoms with Gasteiger partial charge in [0, 0.05) is 24.7 Å². The lowest BCUT2D eigenvalue weighted by Gasteiger charge is -2.23. The molecule has 0 bridgehead atoms. The van der Waals surface area contributed by atoms with Crippen molar-refractivity contribution in [2.24, 2.45) is 0 Å². The van der Waals surface area contributed by atoms with Crippen molar-refractivity contribution >= 4 is 34.5 Å². The minimum Gasteiger partial charge on any atom is -0.469 e. The number of benzene rings is 2. The van der Waals surface area contributed by atoms with E-state index in [2.05, 4.69) is 4.98 Å². The zero-order valence-corrected chi connectivity index (χ0v) is 19.0. The highest BCUT2D eigenvalue weighted by atomic mass is 32.2. The monoisotopic (exact) mass is 469 g/mol. The van der Waals surface area contributed by atoms with Crippen LogP contribution in [0, 0.1) is 5.82 Å². The van der Waals surface area contributed by atoms with Gasteiger partial charge in [0.15, 0.2) is 5.16 Å². The molecule has 1 aliphatic carbocycles. The number of rotatable bonds is 9. The van der Waals surface area contributed by atoms with Crippen LogP contribution in [0.3, 0.4) is 0 Å². The van der Waals surface area contributed by atoms with E-state index in [9.17, 15) is 18.8 Å². The Kier molecular flexibility index (Phi) is 7.08. The number of methoxy groups -OCH3 is 1. The summed E-state index contributed by atoms with van der Waals surface area (Å²) >= 11 is 1.15. The van der Waals surface area contributed by atoms with Crippen molar-refractivity contribution in [1.29, 1.82) is 0 Å². The Morgan fingerprint density at radius 3 is 2.64 bits per heavy atom. The number of hydrogen-bond acceptors (Lipinski definition) is 6. The first-order chi connectivity index (χ1) is 16.0. The summed E-state index contributed by atoms with van der Waals surface area (Å²) in [5.74, 6) is -0.871. The van der Waals surface area contributed by atoms with Crippen LogP contribution in [0.2, 0.25) is 0 Å². The van der Waals surface area contributed by atoms with Crippen molar-refractivity contribution in [3.63, 3.8) is 0 Å². The highest BCUT2D eigenvalue weighted by molar-refractivity contribution is 7.99. The maximum Gasteiger partial charge on any atom is 0.307 e. The SMILES string of the molecule is COC(=O)CCn1c(SCC(=O)N(Cc2ccccc2F)C2CC2)nc2ccccc2c1=O. The van der Waals surface area contributed by atoms with Crippen LogP contribution in [0.4, 0.5) is 4.39 Å². The molecule has 0 N–H and O–H groups in total. The number of hydrogen-bond donors (Lipinski definition) is 0. The first kappa shape index (κ1) is 23.0. The zero-order valence-electron chi connectivity index (χ0n) is 18.2. The predicted molar refractivity (Wildman–Crippen MR) is 123 cm³/mol. The van der Waals surface area contributed by atoms with Crippen LogP contribution in [0.1, 0.15) is 24.8 Å². The second kappa shape index (κ2) is 10.2. The summed E-state index contributed by atoms with van der Waals surface area (Å²) in [6.45, 7) is 0.304. The van der Waals surface area contributed by atoms with Gasteiger partial charge in [-0.05, 0) is 31.0 Å². The number of fused-ring (bicyclic) bond motifs is 1. The molecule has 3 aromatic rings. The van der Waals surface area contributed by atoms with Crippen LogP contribution in [-0.2, 0) is 27.4 Å². The molecule has 1 heterocycles. The summed E-state index contributed by atoms with van der Waals surface area (Å²) in [7, 11) is 1.29. The second-order valence-corrected chi connectivity index (χ2v) is 8.77. The normalized spacial score (nSPS) is 13.2. The molecular formula is C24H24FN3O4S. The highest BCUT2D eigenvalue weighted by Gasteiger charge is 2.33. The molecule has 4 rings (SSSR count). The predicted octanol–water partition coefficient (Wildman–Crippen LogP) is 3.38. The summed E-state index contributed by atoms with van der Waals surface area (Å²) in [5, 5.41) is 0.801. The molecule has 7 nitrogen and oxygen atoms in total. The minimum absolute atomic E-state index is 0.0133. The molecule has 1 amide bonds. The maximum absolute atomic E-state index is 14.1. The van der Waals surface area contributed by atoms with Crippen molar-refractivity contribution in [3.05, 3.63) is 70.3 Å². The molecule has 2 aromatic carbocycles. The summed E-state index contributed by atoms with van der Waals surface area (Å²) in [4.78, 5) is 44.0. The molecule has 1 aliphatic rings. The van der Waals surface area contributed by atoms with Gasteiger partial charge in [0.05, 0.1) is 30.2 Å². The van der Waals surface area contributed by atoms with Gasteiger partial charge in [0.1, 0.15) is 5.82 Å². The Morgan fingerprint density at radius 1 is 1.18 bits per heavy atom. The molecule has 1 saturated carbocycles. The van der Waals surface area contributed by atoms with Gasteiger partial charge in [0.2, 0.25) is 5.91 Å². The molecular weight excluding hydrogens is 445 g/mol. The zero-order chi connectivity index (χ0) is 23.4. The quantitative estimate of drug-likeness (QED) is 0.272. The fourth-order valence-corrected chi connectivity index (χ4v) is 4.50. The number of aromatic nitrogens is 2. The Bertz CT molecular complexity index is 1240. The molecule has 0 saturated heterocycles. The fourth-order valence-electron chi connectivity index (χ4n) is 3.59. The van der Waals surface area contributed by atoms with Crippen LogP contribution in [0.5, 0.6) is 0 Å². The number of halogens is 1. The molecule has 0 spiro atoms. The van der Waals surface area contributed by atoms with E-state index in [4.69, 9.17) is 4.74 Å². The Labute approximate surface area is 194 Å². The Hall–Kier alpha value is -3.20. The van der Waals surface area contributed by atoms with Gasteiger partial charge in [0.25, 0.3) is 5.56 Å². The highest BCUT2D eigenvalue weighted by Crippen LogP contribution is 2.30. The smallest absolute Gasteiger partial charge is 0.307 e. The van der Waals surface area contributed by atoms with Gasteiger partial charge in [-0.1, -0.05) is 42.1 Å². The van der Waals surface area contributed by atoms with Crippen LogP contribution in [0.25, 0.3) is 10.9 Å². The van der Waals surface area contributed by atoms with Crippen molar-refractivity contribution in [3.8, 4) is 0 Å². The lowest BCUT2D eigenvalue weighted by atomic mass is 10.2. The molecule has 0 atom stereocenters. The van der Waals surface area contributed by atoms with E-state index in [1.807, 2.05) is 0 Å². The molecule has 0 unspecified atom stereocenters. The lowest BCUT2D eigenvalue weighted by Crippen LogP contribution is -2.34. The molecule has 1 aromatic heterocycles. The largest absolute Gasteiger partial charge is 0.469 e. The fraction of sp³-hybridized carbons (Fsp3) is 0.333. The first-order valence-electron chi connectivity index (χ1n) is 10.7. The van der Waals surface area contributed by atoms with E-state index < -0.39 is 5.97 Å². The topological polar surface area (TPSA) is 81.5 Å². The standard InChI is InChI=1S/C24H24FN3O4S/c1-32-22(30)12-13-27-23(31)18-7-3-5-9-20(18)26-24(27)33-15-21(29)28(17-10-11-17)14-16-6-2-4-8-19(16)25/h2-9,17H,10-15H2,1H3. The van der Waals surface area contributed by atoms with E-state index in [1.165, 1.54) is 17.7 Å². The van der Waals surface area contributed by atoms with Gasteiger partial charge >= 0.3 is 5.97 Å². The van der Waals surface area contributed by atoms with Crippen LogP contribution < -0.4 is 5.56 Å². The third-order valence-electron chi connectivity index (χ3n) is 5.53. The van der Waals surface area contributed by atoms with Crippen LogP contribution in [-0.4, -0.2) is 45.2 Å². The number of carbonyl (C=O) groups excluding carboxylic acids is 2. The number of thioether (sulfide) groups is 1. The van der Waals surface area contributed by atoms with E-state index in [0.29, 0.717) is 21.6 Å².